The number of nitro groups is 1. The van der Waals surface area contributed by atoms with Crippen LogP contribution in [0.25, 0.3) is 0 Å². The minimum Gasteiger partial charge on any atom is -0.337 e. The first-order chi connectivity index (χ1) is 11.6. The van der Waals surface area contributed by atoms with Gasteiger partial charge in [0.2, 0.25) is 5.91 Å². The number of nitrogens with zero attached hydrogens (tertiary/aromatic N) is 2. The van der Waals surface area contributed by atoms with E-state index in [9.17, 15) is 14.9 Å². The second-order valence-corrected chi connectivity index (χ2v) is 6.74. The van der Waals surface area contributed by atoms with E-state index in [1.54, 1.807) is 23.9 Å². The fourth-order valence-electron chi connectivity index (χ4n) is 2.77. The zero-order valence-electron chi connectivity index (χ0n) is 13.2. The largest absolute Gasteiger partial charge is 0.337 e. The lowest BCUT2D eigenvalue weighted by Gasteiger charge is -2.28. The number of thioether (sulfide) groups is 1. The molecule has 124 valence electrons. The Hall–Kier alpha value is -2.34. The summed E-state index contributed by atoms with van der Waals surface area (Å²) in [5, 5.41) is 10.6. The van der Waals surface area contributed by atoms with Crippen LogP contribution in [0.1, 0.15) is 16.7 Å². The highest BCUT2D eigenvalue weighted by Crippen LogP contribution is 2.21. The summed E-state index contributed by atoms with van der Waals surface area (Å²) in [5.41, 5.74) is 3.65. The Balaban J connectivity index is 1.49. The molecule has 0 aromatic heterocycles. The quantitative estimate of drug-likeness (QED) is 0.617. The third-order valence-corrected chi connectivity index (χ3v) is 5.11. The monoisotopic (exact) mass is 342 g/mol. The van der Waals surface area contributed by atoms with Crippen molar-refractivity contribution in [1.29, 1.82) is 0 Å². The summed E-state index contributed by atoms with van der Waals surface area (Å²) in [7, 11) is 0. The fourth-order valence-corrected chi connectivity index (χ4v) is 3.66. The lowest BCUT2D eigenvalue weighted by atomic mass is 10.00. The molecule has 24 heavy (non-hydrogen) atoms. The number of carbonyl (C=O) groups is 1. The van der Waals surface area contributed by atoms with E-state index in [0.717, 1.165) is 18.5 Å². The third-order valence-electron chi connectivity index (χ3n) is 4.12. The first kappa shape index (κ1) is 16.5. The molecule has 0 N–H and O–H groups in total. The number of nitro benzene ring substituents is 1. The zero-order valence-corrected chi connectivity index (χ0v) is 14.0. The van der Waals surface area contributed by atoms with Crippen molar-refractivity contribution in [1.82, 2.24) is 4.90 Å². The molecule has 1 aliphatic heterocycles. The summed E-state index contributed by atoms with van der Waals surface area (Å²) in [6.45, 7) is 1.46. The van der Waals surface area contributed by atoms with Crippen molar-refractivity contribution < 1.29 is 9.72 Å². The van der Waals surface area contributed by atoms with E-state index in [2.05, 4.69) is 12.1 Å². The molecule has 0 spiro atoms. The number of non-ortho nitro benzene ring substituents is 1. The van der Waals surface area contributed by atoms with E-state index in [1.807, 2.05) is 17.0 Å². The van der Waals surface area contributed by atoms with Gasteiger partial charge in [-0.15, -0.1) is 11.8 Å². The van der Waals surface area contributed by atoms with Crippen molar-refractivity contribution in [2.24, 2.45) is 0 Å². The van der Waals surface area contributed by atoms with Gasteiger partial charge in [-0.2, -0.15) is 0 Å². The molecule has 0 radical (unpaired) electrons. The van der Waals surface area contributed by atoms with E-state index >= 15 is 0 Å². The highest BCUT2D eigenvalue weighted by molar-refractivity contribution is 7.99. The predicted octanol–water partition coefficient (Wildman–Crippen LogP) is 3.41. The van der Waals surface area contributed by atoms with E-state index in [-0.39, 0.29) is 11.6 Å². The van der Waals surface area contributed by atoms with Gasteiger partial charge in [0.25, 0.3) is 5.69 Å². The van der Waals surface area contributed by atoms with E-state index in [1.165, 1.54) is 23.3 Å². The SMILES string of the molecule is O=C(CSCc1ccc([N+](=O)[O-])cc1)N1CCc2ccccc2C1. The summed E-state index contributed by atoms with van der Waals surface area (Å²) in [6, 6.07) is 14.7. The van der Waals surface area contributed by atoms with Crippen LogP contribution in [0, 0.1) is 10.1 Å². The highest BCUT2D eigenvalue weighted by atomic mass is 32.2. The van der Waals surface area contributed by atoms with Crippen LogP contribution in [0.4, 0.5) is 5.69 Å². The van der Waals surface area contributed by atoms with E-state index in [0.29, 0.717) is 18.1 Å². The Morgan fingerprint density at radius 1 is 1.12 bits per heavy atom. The Morgan fingerprint density at radius 2 is 1.83 bits per heavy atom. The molecule has 0 saturated carbocycles. The van der Waals surface area contributed by atoms with E-state index in [4.69, 9.17) is 0 Å². The topological polar surface area (TPSA) is 63.4 Å². The lowest BCUT2D eigenvalue weighted by molar-refractivity contribution is -0.384. The first-order valence-corrected chi connectivity index (χ1v) is 8.94. The molecule has 0 unspecified atom stereocenters. The minimum absolute atomic E-state index is 0.0896. The zero-order chi connectivity index (χ0) is 16.9. The van der Waals surface area contributed by atoms with Crippen LogP contribution in [-0.4, -0.2) is 28.0 Å². The van der Waals surface area contributed by atoms with Crippen LogP contribution in [-0.2, 0) is 23.5 Å². The van der Waals surface area contributed by atoms with Gasteiger partial charge in [0.15, 0.2) is 0 Å². The molecule has 0 bridgehead atoms. The van der Waals surface area contributed by atoms with Crippen molar-refractivity contribution in [3.8, 4) is 0 Å². The number of hydrogen-bond donors (Lipinski definition) is 0. The lowest BCUT2D eigenvalue weighted by Crippen LogP contribution is -2.37. The van der Waals surface area contributed by atoms with Gasteiger partial charge < -0.3 is 4.90 Å². The van der Waals surface area contributed by atoms with Gasteiger partial charge in [0, 0.05) is 31.0 Å². The summed E-state index contributed by atoms with van der Waals surface area (Å²) in [5.74, 6) is 1.25. The summed E-state index contributed by atoms with van der Waals surface area (Å²) < 4.78 is 0. The number of benzene rings is 2. The fraction of sp³-hybridized carbons (Fsp3) is 0.278. The second-order valence-electron chi connectivity index (χ2n) is 5.75. The smallest absolute Gasteiger partial charge is 0.269 e. The number of rotatable bonds is 5. The maximum Gasteiger partial charge on any atom is 0.269 e. The summed E-state index contributed by atoms with van der Waals surface area (Å²) in [6.07, 6.45) is 0.912. The molecule has 3 rings (SSSR count). The van der Waals surface area contributed by atoms with Gasteiger partial charge in [-0.3, -0.25) is 14.9 Å². The van der Waals surface area contributed by atoms with Crippen LogP contribution in [0.5, 0.6) is 0 Å². The molecule has 0 atom stereocenters. The van der Waals surface area contributed by atoms with Gasteiger partial charge in [0.1, 0.15) is 0 Å². The average Bonchev–Trinajstić information content (AvgIpc) is 2.61. The maximum absolute atomic E-state index is 12.4. The summed E-state index contributed by atoms with van der Waals surface area (Å²) in [4.78, 5) is 24.5. The van der Waals surface area contributed by atoms with Crippen molar-refractivity contribution in [2.75, 3.05) is 12.3 Å². The van der Waals surface area contributed by atoms with E-state index < -0.39 is 4.92 Å². The van der Waals surface area contributed by atoms with Crippen molar-refractivity contribution in [3.05, 3.63) is 75.3 Å². The Bertz CT molecular complexity index is 746. The Kier molecular flexibility index (Phi) is 5.15. The number of hydrogen-bond acceptors (Lipinski definition) is 4. The molecule has 1 aliphatic rings. The predicted molar refractivity (Wildman–Crippen MR) is 94.8 cm³/mol. The van der Waals surface area contributed by atoms with Crippen LogP contribution >= 0.6 is 11.8 Å². The van der Waals surface area contributed by atoms with Crippen molar-refractivity contribution in [2.45, 2.75) is 18.7 Å². The molecule has 2 aromatic carbocycles. The average molecular weight is 342 g/mol. The Labute approximate surface area is 144 Å². The normalized spacial score (nSPS) is 13.4. The second kappa shape index (κ2) is 7.49. The van der Waals surface area contributed by atoms with Crippen LogP contribution in [0.15, 0.2) is 48.5 Å². The molecule has 0 fully saturated rings. The molecule has 0 aliphatic carbocycles. The van der Waals surface area contributed by atoms with Gasteiger partial charge in [-0.1, -0.05) is 36.4 Å². The molecule has 0 saturated heterocycles. The minimum atomic E-state index is -0.408. The molecular formula is C18H18N2O3S. The first-order valence-electron chi connectivity index (χ1n) is 7.79. The van der Waals surface area contributed by atoms with Gasteiger partial charge in [-0.25, -0.2) is 0 Å². The molecule has 5 nitrogen and oxygen atoms in total. The Morgan fingerprint density at radius 3 is 2.54 bits per heavy atom. The maximum atomic E-state index is 12.4. The van der Waals surface area contributed by atoms with Crippen LogP contribution < -0.4 is 0 Å². The van der Waals surface area contributed by atoms with Crippen molar-refractivity contribution in [3.63, 3.8) is 0 Å². The molecule has 1 amide bonds. The van der Waals surface area contributed by atoms with Crippen LogP contribution in [0.3, 0.4) is 0 Å². The molecule has 6 heteroatoms. The highest BCUT2D eigenvalue weighted by Gasteiger charge is 2.20. The van der Waals surface area contributed by atoms with Gasteiger partial charge in [-0.05, 0) is 23.1 Å². The molecule has 1 heterocycles. The third kappa shape index (κ3) is 3.94. The van der Waals surface area contributed by atoms with Gasteiger partial charge >= 0.3 is 0 Å². The molecule has 2 aromatic rings. The molecular weight excluding hydrogens is 324 g/mol. The summed E-state index contributed by atoms with van der Waals surface area (Å²) >= 11 is 1.54. The number of amides is 1. The van der Waals surface area contributed by atoms with Gasteiger partial charge in [0.05, 0.1) is 10.7 Å². The van der Waals surface area contributed by atoms with Crippen LogP contribution in [0.2, 0.25) is 0 Å². The number of carbonyl (C=O) groups excluding carboxylic acids is 1. The number of fused-ring (bicyclic) bond motifs is 1. The van der Waals surface area contributed by atoms with Crippen molar-refractivity contribution >= 4 is 23.4 Å². The standard InChI is InChI=1S/C18H18N2O3S/c21-18(19-10-9-15-3-1-2-4-16(15)11-19)13-24-12-14-5-7-17(8-6-14)20(22)23/h1-8H,9-13H2.